The van der Waals surface area contributed by atoms with Crippen LogP contribution in [0.3, 0.4) is 0 Å². The fraction of sp³-hybridized carbons (Fsp3) is 0.0625. The van der Waals surface area contributed by atoms with E-state index in [4.69, 9.17) is 0 Å². The summed E-state index contributed by atoms with van der Waals surface area (Å²) in [6.07, 6.45) is 0.846. The maximum Gasteiger partial charge on any atom is 0.337 e. The minimum atomic E-state index is -0.862. The Kier molecular flexibility index (Phi) is 3.05. The van der Waals surface area contributed by atoms with Crippen LogP contribution in [0.4, 0.5) is 0 Å². The smallest absolute Gasteiger partial charge is 0.337 e. The third-order valence-electron chi connectivity index (χ3n) is 3.05. The summed E-state index contributed by atoms with van der Waals surface area (Å²) in [5.41, 5.74) is 1.63. The van der Waals surface area contributed by atoms with Gasteiger partial charge in [0.25, 0.3) is 0 Å². The summed E-state index contributed by atoms with van der Waals surface area (Å²) in [6.45, 7) is 0. The molecule has 3 aromatic rings. The Labute approximate surface area is 114 Å². The quantitative estimate of drug-likeness (QED) is 0.773. The van der Waals surface area contributed by atoms with Crippen molar-refractivity contribution in [1.82, 2.24) is 0 Å². The van der Waals surface area contributed by atoms with Gasteiger partial charge >= 0.3 is 5.97 Å². The van der Waals surface area contributed by atoms with E-state index in [9.17, 15) is 9.90 Å². The van der Waals surface area contributed by atoms with Crippen LogP contribution >= 0.6 is 11.3 Å². The molecule has 0 radical (unpaired) electrons. The molecule has 19 heavy (non-hydrogen) atoms. The molecule has 0 fully saturated rings. The van der Waals surface area contributed by atoms with Gasteiger partial charge in [-0.25, -0.2) is 4.79 Å². The topological polar surface area (TPSA) is 37.3 Å². The Morgan fingerprint density at radius 2 is 1.84 bits per heavy atom. The summed E-state index contributed by atoms with van der Waals surface area (Å²) in [7, 11) is 0. The molecule has 0 bridgehead atoms. The van der Waals surface area contributed by atoms with Crippen LogP contribution in [0.2, 0.25) is 0 Å². The molecule has 0 unspecified atom stereocenters. The van der Waals surface area contributed by atoms with Gasteiger partial charge in [-0.1, -0.05) is 42.5 Å². The van der Waals surface area contributed by atoms with Crippen LogP contribution in [0, 0.1) is 0 Å². The van der Waals surface area contributed by atoms with Crippen LogP contribution < -0.4 is 0 Å². The van der Waals surface area contributed by atoms with Gasteiger partial charge in [-0.3, -0.25) is 0 Å². The Bertz CT molecular complexity index is 729. The minimum Gasteiger partial charge on any atom is -0.478 e. The van der Waals surface area contributed by atoms with Crippen molar-refractivity contribution in [1.29, 1.82) is 0 Å². The van der Waals surface area contributed by atoms with Gasteiger partial charge in [0.1, 0.15) is 0 Å². The number of aromatic carboxylic acids is 1. The van der Waals surface area contributed by atoms with E-state index >= 15 is 0 Å². The second kappa shape index (κ2) is 4.86. The summed E-state index contributed by atoms with van der Waals surface area (Å²) in [5, 5.41) is 10.2. The highest BCUT2D eigenvalue weighted by Gasteiger charge is 2.11. The zero-order valence-corrected chi connectivity index (χ0v) is 11.0. The number of carboxylic acid groups (broad SMARTS) is 1. The number of hydrogen-bond acceptors (Lipinski definition) is 2. The summed E-state index contributed by atoms with van der Waals surface area (Å²) < 4.78 is 0.862. The number of carboxylic acids is 1. The van der Waals surface area contributed by atoms with Crippen LogP contribution in [0.5, 0.6) is 0 Å². The Balaban J connectivity index is 2.03. The van der Waals surface area contributed by atoms with Gasteiger partial charge in [0.05, 0.1) is 5.56 Å². The molecule has 1 heterocycles. The third kappa shape index (κ3) is 2.37. The lowest BCUT2D eigenvalue weighted by atomic mass is 10.1. The van der Waals surface area contributed by atoms with Gasteiger partial charge < -0.3 is 5.11 Å². The minimum absolute atomic E-state index is 0.391. The molecule has 1 aromatic heterocycles. The molecule has 0 amide bonds. The maximum atomic E-state index is 11.2. The molecule has 1 N–H and O–H groups in total. The zero-order chi connectivity index (χ0) is 13.2. The van der Waals surface area contributed by atoms with Crippen molar-refractivity contribution < 1.29 is 9.90 Å². The van der Waals surface area contributed by atoms with Crippen molar-refractivity contribution in [3.05, 3.63) is 70.6 Å². The van der Waals surface area contributed by atoms with Crippen LogP contribution in [0.25, 0.3) is 10.1 Å². The lowest BCUT2D eigenvalue weighted by Gasteiger charge is -1.96. The summed E-state index contributed by atoms with van der Waals surface area (Å²) in [6, 6.07) is 17.7. The average molecular weight is 268 g/mol. The second-order valence-corrected chi connectivity index (χ2v) is 5.54. The first-order valence-corrected chi connectivity index (χ1v) is 6.84. The molecule has 2 aromatic carbocycles. The lowest BCUT2D eigenvalue weighted by molar-refractivity contribution is 0.0699. The third-order valence-corrected chi connectivity index (χ3v) is 4.23. The van der Waals surface area contributed by atoms with E-state index in [2.05, 4.69) is 18.2 Å². The average Bonchev–Trinajstić information content (AvgIpc) is 2.81. The van der Waals surface area contributed by atoms with Crippen molar-refractivity contribution in [2.24, 2.45) is 0 Å². The van der Waals surface area contributed by atoms with Crippen LogP contribution in [-0.2, 0) is 6.42 Å². The van der Waals surface area contributed by atoms with Crippen molar-refractivity contribution in [2.45, 2.75) is 6.42 Å². The standard InChI is InChI=1S/C16H12O2S/c17-16(18)14-8-4-7-12-10-13(19-15(12)14)9-11-5-2-1-3-6-11/h1-8,10H,9H2,(H,17,18). The van der Waals surface area contributed by atoms with E-state index in [1.165, 1.54) is 10.4 Å². The molecular weight excluding hydrogens is 256 g/mol. The van der Waals surface area contributed by atoms with E-state index < -0.39 is 5.97 Å². The van der Waals surface area contributed by atoms with E-state index in [0.717, 1.165) is 16.5 Å². The fourth-order valence-corrected chi connectivity index (χ4v) is 3.37. The largest absolute Gasteiger partial charge is 0.478 e. The SMILES string of the molecule is O=C(O)c1cccc2cc(Cc3ccccc3)sc12. The van der Waals surface area contributed by atoms with E-state index in [1.54, 1.807) is 23.5 Å². The van der Waals surface area contributed by atoms with Gasteiger partial charge in [0.2, 0.25) is 0 Å². The fourth-order valence-electron chi connectivity index (χ4n) is 2.17. The van der Waals surface area contributed by atoms with Gasteiger partial charge in [-0.2, -0.15) is 0 Å². The molecule has 94 valence electrons. The first kappa shape index (κ1) is 11.9. The molecule has 0 atom stereocenters. The van der Waals surface area contributed by atoms with Gasteiger partial charge in [0, 0.05) is 16.0 Å². The van der Waals surface area contributed by atoms with E-state index in [0.29, 0.717) is 5.56 Å². The summed E-state index contributed by atoms with van der Waals surface area (Å²) in [5.74, 6) is -0.862. The molecular formula is C16H12O2S. The van der Waals surface area contributed by atoms with Gasteiger partial charge in [0.15, 0.2) is 0 Å². The number of thiophene rings is 1. The zero-order valence-electron chi connectivity index (χ0n) is 10.2. The molecule has 0 aliphatic carbocycles. The van der Waals surface area contributed by atoms with E-state index in [1.807, 2.05) is 24.3 Å². The van der Waals surface area contributed by atoms with E-state index in [-0.39, 0.29) is 0 Å². The van der Waals surface area contributed by atoms with Crippen molar-refractivity contribution in [3.63, 3.8) is 0 Å². The molecule has 2 nitrogen and oxygen atoms in total. The monoisotopic (exact) mass is 268 g/mol. The molecule has 0 spiro atoms. The molecule has 0 saturated carbocycles. The van der Waals surface area contributed by atoms with Crippen LogP contribution in [-0.4, -0.2) is 11.1 Å². The van der Waals surface area contributed by atoms with Crippen molar-refractivity contribution >= 4 is 27.4 Å². The first-order valence-electron chi connectivity index (χ1n) is 6.03. The van der Waals surface area contributed by atoms with Crippen molar-refractivity contribution in [3.8, 4) is 0 Å². The number of hydrogen-bond donors (Lipinski definition) is 1. The van der Waals surface area contributed by atoms with Crippen LogP contribution in [0.15, 0.2) is 54.6 Å². The van der Waals surface area contributed by atoms with Crippen molar-refractivity contribution in [2.75, 3.05) is 0 Å². The molecule has 0 aliphatic rings. The highest BCUT2D eigenvalue weighted by Crippen LogP contribution is 2.30. The Hall–Kier alpha value is -2.13. The number of fused-ring (bicyclic) bond motifs is 1. The molecule has 3 heteroatoms. The highest BCUT2D eigenvalue weighted by molar-refractivity contribution is 7.19. The van der Waals surface area contributed by atoms with Gasteiger partial charge in [-0.15, -0.1) is 11.3 Å². The second-order valence-electron chi connectivity index (χ2n) is 4.40. The number of carbonyl (C=O) groups is 1. The molecule has 0 saturated heterocycles. The predicted molar refractivity (Wildman–Crippen MR) is 78.0 cm³/mol. The molecule has 3 rings (SSSR count). The number of benzene rings is 2. The van der Waals surface area contributed by atoms with Crippen LogP contribution in [0.1, 0.15) is 20.8 Å². The number of rotatable bonds is 3. The summed E-state index contributed by atoms with van der Waals surface area (Å²) >= 11 is 1.57. The highest BCUT2D eigenvalue weighted by atomic mass is 32.1. The van der Waals surface area contributed by atoms with Gasteiger partial charge in [-0.05, 0) is 23.1 Å². The molecule has 0 aliphatic heterocycles. The maximum absolute atomic E-state index is 11.2. The summed E-state index contributed by atoms with van der Waals surface area (Å²) in [4.78, 5) is 12.4. The normalized spacial score (nSPS) is 10.7. The Morgan fingerprint density at radius 1 is 1.05 bits per heavy atom. The lowest BCUT2D eigenvalue weighted by Crippen LogP contribution is -1.94. The first-order chi connectivity index (χ1) is 9.24. The predicted octanol–water partition coefficient (Wildman–Crippen LogP) is 4.19. The Morgan fingerprint density at radius 3 is 2.58 bits per heavy atom.